The van der Waals surface area contributed by atoms with Crippen LogP contribution in [0.4, 0.5) is 0 Å². The minimum absolute atomic E-state index is 0.0245. The number of rotatable bonds is 6. The number of aliphatic hydroxyl groups is 2. The number of methoxy groups -OCH3 is 3. The van der Waals surface area contributed by atoms with E-state index in [9.17, 15) is 34.2 Å². The first-order valence-corrected chi connectivity index (χ1v) is 24.3. The summed E-state index contributed by atoms with van der Waals surface area (Å²) in [5.41, 5.74) is 1.28. The van der Waals surface area contributed by atoms with E-state index in [4.69, 9.17) is 35.3 Å². The highest BCUT2D eigenvalue weighted by molar-refractivity contribution is 6.39. The van der Waals surface area contributed by atoms with Crippen molar-refractivity contribution in [1.29, 1.82) is 0 Å². The molecule has 0 aromatic rings. The van der Waals surface area contributed by atoms with Crippen molar-refractivity contribution >= 4 is 40.8 Å². The SMILES string of the molecule is CO[C@H]1C[C@@H]2CC[C@@H](C)[C@@](O)(O2)C(=O)C(=O)N2CCCC[C@H]2C(=O)O[C@H](C(C)C[C@@H]2CC[C@H](Cl)[C@H](OC)C2)CC(=O)[C@H](C)/C=C(\C)[C@@H](O)[C@@H](OC)C(=O)[C@H](C)C[C@H](C)/C=C/C=C/C=C/1C. The van der Waals surface area contributed by atoms with Crippen molar-refractivity contribution in [3.05, 3.63) is 47.6 Å². The summed E-state index contributed by atoms with van der Waals surface area (Å²) < 4.78 is 29.5. The standard InChI is InChI=1S/C51H78ClNO12/c1-30-16-12-11-13-17-31(2)42(61-8)28-38-21-19-36(7)51(60,65-38)48(57)49(58)53-23-15-14-18-40(53)50(59)64-43(33(4)26-37-20-22-39(52)44(27-37)62-9)29-41(54)32(3)25-35(6)46(56)47(63-10)45(55)34(5)24-30/h11-13,16-17,25,30,32-34,36-40,42-44,46-47,56,60H,14-15,18-24,26-29H2,1-10H3/b13-11+,16-12+,31-17+,35-25+/t30-,32-,33?,34-,36-,37+,38+,39+,40+,42+,43+,44-,46-,47+,51-/m1/s1. The van der Waals surface area contributed by atoms with Gasteiger partial charge in [0.1, 0.15) is 30.1 Å². The highest BCUT2D eigenvalue weighted by atomic mass is 35.5. The van der Waals surface area contributed by atoms with Crippen LogP contribution >= 0.6 is 11.6 Å². The maximum atomic E-state index is 14.4. The molecule has 2 bridgehead atoms. The quantitative estimate of drug-likeness (QED) is 0.117. The van der Waals surface area contributed by atoms with Crippen molar-refractivity contribution in [3.8, 4) is 0 Å². The average Bonchev–Trinajstić information content (AvgIpc) is 3.28. The maximum Gasteiger partial charge on any atom is 0.329 e. The third kappa shape index (κ3) is 14.5. The molecule has 0 spiro atoms. The number of halogens is 1. The second kappa shape index (κ2) is 25.4. The van der Waals surface area contributed by atoms with E-state index in [0.29, 0.717) is 56.9 Å². The van der Waals surface area contributed by atoms with E-state index >= 15 is 0 Å². The smallest absolute Gasteiger partial charge is 0.329 e. The number of amides is 1. The van der Waals surface area contributed by atoms with Gasteiger partial charge in [-0.1, -0.05) is 71.1 Å². The molecule has 2 N–H and O–H groups in total. The topological polar surface area (TPSA) is 175 Å². The number of fused-ring (bicyclic) bond motifs is 3. The predicted octanol–water partition coefficient (Wildman–Crippen LogP) is 7.43. The molecule has 366 valence electrons. The van der Waals surface area contributed by atoms with Crippen molar-refractivity contribution in [3.63, 3.8) is 0 Å². The van der Waals surface area contributed by atoms with Crippen LogP contribution < -0.4 is 0 Å². The number of hydrogen-bond donors (Lipinski definition) is 2. The van der Waals surface area contributed by atoms with Gasteiger partial charge >= 0.3 is 5.97 Å². The molecule has 1 saturated carbocycles. The number of piperidine rings is 1. The summed E-state index contributed by atoms with van der Waals surface area (Å²) in [6.07, 6.45) is 12.7. The molecule has 14 heteroatoms. The summed E-state index contributed by atoms with van der Waals surface area (Å²) in [4.78, 5) is 71.8. The number of allylic oxidation sites excluding steroid dienone is 6. The number of esters is 1. The van der Waals surface area contributed by atoms with Gasteiger partial charge in [0.2, 0.25) is 5.79 Å². The molecule has 2 saturated heterocycles. The lowest BCUT2D eigenvalue weighted by molar-refractivity contribution is -0.265. The number of carbonyl (C=O) groups excluding carboxylic acids is 5. The number of aliphatic hydroxyl groups excluding tert-OH is 1. The van der Waals surface area contributed by atoms with Crippen LogP contribution in [0.3, 0.4) is 0 Å². The van der Waals surface area contributed by atoms with Gasteiger partial charge in [0, 0.05) is 58.5 Å². The van der Waals surface area contributed by atoms with Crippen LogP contribution in [0, 0.1) is 35.5 Å². The molecular weight excluding hydrogens is 854 g/mol. The Bertz CT molecular complexity index is 1760. The normalized spacial score (nSPS) is 40.4. The fraction of sp³-hybridized carbons (Fsp3) is 0.745. The molecule has 15 atom stereocenters. The zero-order valence-corrected chi connectivity index (χ0v) is 41.3. The number of ketones is 3. The van der Waals surface area contributed by atoms with Gasteiger partial charge in [0.05, 0.1) is 23.7 Å². The molecule has 1 amide bonds. The van der Waals surface area contributed by atoms with Gasteiger partial charge in [0.15, 0.2) is 5.78 Å². The maximum absolute atomic E-state index is 14.4. The van der Waals surface area contributed by atoms with Gasteiger partial charge in [-0.2, -0.15) is 0 Å². The zero-order chi connectivity index (χ0) is 48.2. The largest absolute Gasteiger partial charge is 0.460 e. The summed E-state index contributed by atoms with van der Waals surface area (Å²) >= 11 is 6.56. The van der Waals surface area contributed by atoms with Crippen molar-refractivity contribution in [1.82, 2.24) is 4.90 Å². The lowest BCUT2D eigenvalue weighted by Gasteiger charge is -2.42. The van der Waals surface area contributed by atoms with Crippen LogP contribution in [0.25, 0.3) is 0 Å². The molecule has 65 heavy (non-hydrogen) atoms. The van der Waals surface area contributed by atoms with E-state index in [-0.39, 0.29) is 60.2 Å². The number of carbonyl (C=O) groups is 5. The Morgan fingerprint density at radius 3 is 2.28 bits per heavy atom. The minimum atomic E-state index is -2.42. The Morgan fingerprint density at radius 1 is 0.877 bits per heavy atom. The Kier molecular flexibility index (Phi) is 21.3. The van der Waals surface area contributed by atoms with E-state index in [1.54, 1.807) is 41.1 Å². The van der Waals surface area contributed by atoms with Crippen LogP contribution in [0.2, 0.25) is 0 Å². The third-order valence-corrected chi connectivity index (χ3v) is 14.9. The summed E-state index contributed by atoms with van der Waals surface area (Å²) in [6.45, 7) is 12.8. The zero-order valence-electron chi connectivity index (χ0n) is 40.5. The molecule has 4 aliphatic rings. The fourth-order valence-corrected chi connectivity index (χ4v) is 10.4. The predicted molar refractivity (Wildman–Crippen MR) is 249 cm³/mol. The first kappa shape index (κ1) is 54.6. The van der Waals surface area contributed by atoms with Crippen LogP contribution in [0.5, 0.6) is 0 Å². The molecule has 0 aromatic carbocycles. The van der Waals surface area contributed by atoms with Gasteiger partial charge in [-0.25, -0.2) is 4.79 Å². The Morgan fingerprint density at radius 2 is 1.60 bits per heavy atom. The third-order valence-electron chi connectivity index (χ3n) is 14.4. The highest BCUT2D eigenvalue weighted by Gasteiger charge is 2.53. The van der Waals surface area contributed by atoms with Crippen molar-refractivity contribution < 1.29 is 57.9 Å². The second-order valence-corrected chi connectivity index (χ2v) is 20.1. The fourth-order valence-electron chi connectivity index (χ4n) is 10.1. The van der Waals surface area contributed by atoms with E-state index < -0.39 is 77.8 Å². The van der Waals surface area contributed by atoms with E-state index in [1.165, 1.54) is 12.0 Å². The molecule has 3 aliphatic heterocycles. The van der Waals surface area contributed by atoms with Gasteiger partial charge in [-0.05, 0) is 107 Å². The van der Waals surface area contributed by atoms with Gasteiger partial charge in [-0.15, -0.1) is 11.6 Å². The Labute approximate surface area is 392 Å². The summed E-state index contributed by atoms with van der Waals surface area (Å²) in [7, 11) is 4.61. The van der Waals surface area contributed by atoms with E-state index in [0.717, 1.165) is 18.4 Å². The number of cyclic esters (lactones) is 1. The summed E-state index contributed by atoms with van der Waals surface area (Å²) in [6, 6.07) is -1.12. The highest BCUT2D eigenvalue weighted by Crippen LogP contribution is 2.38. The van der Waals surface area contributed by atoms with E-state index in [2.05, 4.69) is 0 Å². The number of ether oxygens (including phenoxy) is 5. The summed E-state index contributed by atoms with van der Waals surface area (Å²) in [5.74, 6) is -7.74. The molecule has 3 fully saturated rings. The first-order valence-electron chi connectivity index (χ1n) is 23.9. The number of Topliss-reactive ketones (excluding diaryl/α,β-unsaturated/α-hetero) is 3. The molecule has 3 heterocycles. The second-order valence-electron chi connectivity index (χ2n) is 19.5. The molecule has 0 aromatic heterocycles. The lowest BCUT2D eigenvalue weighted by atomic mass is 9.79. The van der Waals surface area contributed by atoms with Crippen LogP contribution in [0.1, 0.15) is 126 Å². The molecule has 0 radical (unpaired) electrons. The Hall–Kier alpha value is -3.04. The monoisotopic (exact) mass is 932 g/mol. The minimum Gasteiger partial charge on any atom is -0.460 e. The van der Waals surface area contributed by atoms with E-state index in [1.807, 2.05) is 58.1 Å². The van der Waals surface area contributed by atoms with Crippen molar-refractivity contribution in [2.75, 3.05) is 27.9 Å². The van der Waals surface area contributed by atoms with Gasteiger partial charge in [-0.3, -0.25) is 19.2 Å². The number of alkyl halides is 1. The Balaban J connectivity index is 1.70. The molecular formula is C51H78ClNO12. The van der Waals surface area contributed by atoms with Crippen LogP contribution in [-0.4, -0.2) is 126 Å². The number of hydrogen-bond acceptors (Lipinski definition) is 12. The van der Waals surface area contributed by atoms with Crippen molar-refractivity contribution in [2.45, 2.75) is 179 Å². The van der Waals surface area contributed by atoms with Crippen LogP contribution in [0.15, 0.2) is 47.6 Å². The molecule has 13 nitrogen and oxygen atoms in total. The first-order chi connectivity index (χ1) is 30.7. The summed E-state index contributed by atoms with van der Waals surface area (Å²) in [5, 5.41) is 23.3. The molecule has 1 unspecified atom stereocenters. The van der Waals surface area contributed by atoms with Gasteiger partial charge < -0.3 is 38.8 Å². The average molecular weight is 933 g/mol. The molecule has 4 rings (SSSR count). The molecule has 1 aliphatic carbocycles. The number of nitrogens with zero attached hydrogens (tertiary/aromatic N) is 1. The van der Waals surface area contributed by atoms with Crippen LogP contribution in [-0.2, 0) is 47.7 Å². The van der Waals surface area contributed by atoms with Gasteiger partial charge in [0.25, 0.3) is 11.7 Å². The van der Waals surface area contributed by atoms with Crippen molar-refractivity contribution in [2.24, 2.45) is 35.5 Å². The lowest BCUT2D eigenvalue weighted by Crippen LogP contribution is -2.61.